The van der Waals surface area contributed by atoms with E-state index in [1.807, 2.05) is 35.0 Å². The van der Waals surface area contributed by atoms with Crippen LogP contribution in [0.1, 0.15) is 9.75 Å². The van der Waals surface area contributed by atoms with Gasteiger partial charge in [0.05, 0.1) is 11.7 Å². The maximum atomic E-state index is 13.4. The van der Waals surface area contributed by atoms with Crippen LogP contribution in [-0.2, 0) is 23.1 Å². The first-order valence-electron chi connectivity index (χ1n) is 7.41. The third-order valence-corrected chi connectivity index (χ3v) is 7.78. The van der Waals surface area contributed by atoms with Gasteiger partial charge in [-0.15, -0.1) is 22.7 Å². The third-order valence-electron chi connectivity index (χ3n) is 3.69. The number of thiophene rings is 2. The summed E-state index contributed by atoms with van der Waals surface area (Å²) in [6.07, 6.45) is 0. The van der Waals surface area contributed by atoms with Crippen LogP contribution in [0.4, 0.5) is 0 Å². The third kappa shape index (κ3) is 3.38. The Hall–Kier alpha value is -1.65. The highest BCUT2D eigenvalue weighted by molar-refractivity contribution is 7.89. The number of sulfonamides is 1. The number of benzene rings is 1. The van der Waals surface area contributed by atoms with E-state index in [2.05, 4.69) is 8.75 Å². The summed E-state index contributed by atoms with van der Waals surface area (Å²) in [5.41, 5.74) is 1.05. The quantitative estimate of drug-likeness (QED) is 0.480. The highest BCUT2D eigenvalue weighted by Gasteiger charge is 2.28. The molecular weight excluding hydrogens is 394 g/mol. The molecule has 4 rings (SSSR count). The lowest BCUT2D eigenvalue weighted by atomic mass is 10.3. The van der Waals surface area contributed by atoms with Gasteiger partial charge in [-0.05, 0) is 35.0 Å². The van der Waals surface area contributed by atoms with Crippen molar-refractivity contribution in [3.05, 3.63) is 63.0 Å². The Morgan fingerprint density at radius 2 is 1.56 bits per heavy atom. The van der Waals surface area contributed by atoms with Crippen LogP contribution in [-0.4, -0.2) is 21.5 Å². The van der Waals surface area contributed by atoms with E-state index in [0.717, 1.165) is 21.5 Å². The van der Waals surface area contributed by atoms with Gasteiger partial charge in [0.25, 0.3) is 0 Å². The summed E-state index contributed by atoms with van der Waals surface area (Å²) in [5.74, 6) is 0. The summed E-state index contributed by atoms with van der Waals surface area (Å²) in [5, 5.41) is 3.91. The molecule has 0 radical (unpaired) electrons. The predicted octanol–water partition coefficient (Wildman–Crippen LogP) is 4.21. The van der Waals surface area contributed by atoms with Crippen LogP contribution in [0.25, 0.3) is 11.0 Å². The molecule has 4 aromatic rings. The molecule has 3 heterocycles. The Balaban J connectivity index is 1.77. The van der Waals surface area contributed by atoms with Crippen molar-refractivity contribution in [2.24, 2.45) is 0 Å². The Kier molecular flexibility index (Phi) is 4.65. The maximum absolute atomic E-state index is 13.4. The lowest BCUT2D eigenvalue weighted by Crippen LogP contribution is -2.30. The monoisotopic (exact) mass is 407 g/mol. The molecule has 3 aromatic heterocycles. The highest BCUT2D eigenvalue weighted by Crippen LogP contribution is 2.28. The number of nitrogens with zero attached hydrogens (tertiary/aromatic N) is 3. The van der Waals surface area contributed by atoms with E-state index in [1.54, 1.807) is 40.9 Å². The molecule has 0 aliphatic rings. The minimum Gasteiger partial charge on any atom is -0.207 e. The Bertz CT molecular complexity index is 1030. The first-order valence-corrected chi connectivity index (χ1v) is 11.3. The number of fused-ring (bicyclic) bond motifs is 1. The second-order valence-electron chi connectivity index (χ2n) is 5.32. The summed E-state index contributed by atoms with van der Waals surface area (Å²) in [7, 11) is -3.70. The molecule has 9 heteroatoms. The van der Waals surface area contributed by atoms with Gasteiger partial charge in [0.2, 0.25) is 10.0 Å². The molecular formula is C16H13N3O2S4. The van der Waals surface area contributed by atoms with Crippen molar-refractivity contribution in [1.29, 1.82) is 0 Å². The molecule has 0 bridgehead atoms. The van der Waals surface area contributed by atoms with Crippen molar-refractivity contribution < 1.29 is 8.42 Å². The van der Waals surface area contributed by atoms with Gasteiger partial charge in [0.1, 0.15) is 15.9 Å². The van der Waals surface area contributed by atoms with Gasteiger partial charge in [-0.25, -0.2) is 8.42 Å². The van der Waals surface area contributed by atoms with Gasteiger partial charge in [-0.3, -0.25) is 0 Å². The zero-order valence-electron chi connectivity index (χ0n) is 12.9. The van der Waals surface area contributed by atoms with E-state index in [1.165, 1.54) is 4.31 Å². The molecule has 25 heavy (non-hydrogen) atoms. The van der Waals surface area contributed by atoms with Gasteiger partial charge < -0.3 is 0 Å². The van der Waals surface area contributed by atoms with Gasteiger partial charge in [-0.1, -0.05) is 18.2 Å². The first-order chi connectivity index (χ1) is 12.1. The smallest absolute Gasteiger partial charge is 0.207 e. The molecule has 0 aliphatic heterocycles. The number of aromatic nitrogens is 2. The Labute approximate surface area is 157 Å². The van der Waals surface area contributed by atoms with Crippen molar-refractivity contribution in [1.82, 2.24) is 13.1 Å². The summed E-state index contributed by atoms with van der Waals surface area (Å²) in [6, 6.07) is 12.9. The Morgan fingerprint density at radius 3 is 2.16 bits per heavy atom. The summed E-state index contributed by atoms with van der Waals surface area (Å²) >= 11 is 4.13. The van der Waals surface area contributed by atoms with Crippen molar-refractivity contribution in [3.63, 3.8) is 0 Å². The zero-order valence-corrected chi connectivity index (χ0v) is 16.2. The zero-order chi connectivity index (χ0) is 17.3. The van der Waals surface area contributed by atoms with Gasteiger partial charge in [0, 0.05) is 22.8 Å². The normalized spacial score (nSPS) is 12.2. The number of hydrogen-bond donors (Lipinski definition) is 0. The minimum absolute atomic E-state index is 0.215. The SMILES string of the molecule is O=S(=O)(c1cccc2nsnc12)N(Cc1cccs1)Cc1cccs1. The molecule has 0 N–H and O–H groups in total. The lowest BCUT2D eigenvalue weighted by Gasteiger charge is -2.21. The molecule has 0 saturated heterocycles. The van der Waals surface area contributed by atoms with Crippen LogP contribution in [0.3, 0.4) is 0 Å². The summed E-state index contributed by atoms with van der Waals surface area (Å²) < 4.78 is 36.6. The van der Waals surface area contributed by atoms with Gasteiger partial charge in [0.15, 0.2) is 0 Å². The molecule has 5 nitrogen and oxygen atoms in total. The number of hydrogen-bond acceptors (Lipinski definition) is 7. The van der Waals surface area contributed by atoms with Crippen LogP contribution in [0.2, 0.25) is 0 Å². The fourth-order valence-electron chi connectivity index (χ4n) is 2.51. The topological polar surface area (TPSA) is 63.2 Å². The van der Waals surface area contributed by atoms with Gasteiger partial charge in [-0.2, -0.15) is 13.1 Å². The fourth-order valence-corrected chi connectivity index (χ4v) is 6.26. The van der Waals surface area contributed by atoms with Crippen molar-refractivity contribution in [2.45, 2.75) is 18.0 Å². The lowest BCUT2D eigenvalue weighted by molar-refractivity contribution is 0.407. The second kappa shape index (κ2) is 6.93. The molecule has 0 unspecified atom stereocenters. The van der Waals surface area contributed by atoms with E-state index >= 15 is 0 Å². The largest absolute Gasteiger partial charge is 0.246 e. The van der Waals surface area contributed by atoms with E-state index < -0.39 is 10.0 Å². The van der Waals surface area contributed by atoms with E-state index in [-0.39, 0.29) is 4.90 Å². The van der Waals surface area contributed by atoms with Crippen LogP contribution >= 0.6 is 34.4 Å². The van der Waals surface area contributed by atoms with E-state index in [4.69, 9.17) is 0 Å². The Morgan fingerprint density at radius 1 is 0.880 bits per heavy atom. The summed E-state index contributed by atoms with van der Waals surface area (Å²) in [4.78, 5) is 2.22. The molecule has 1 aromatic carbocycles. The minimum atomic E-state index is -3.70. The second-order valence-corrected chi connectivity index (χ2v) is 9.82. The van der Waals surface area contributed by atoms with Crippen molar-refractivity contribution in [3.8, 4) is 0 Å². The predicted molar refractivity (Wildman–Crippen MR) is 102 cm³/mol. The molecule has 0 atom stereocenters. The average Bonchev–Trinajstić information content (AvgIpc) is 3.36. The first kappa shape index (κ1) is 16.8. The van der Waals surface area contributed by atoms with Crippen LogP contribution in [0, 0.1) is 0 Å². The van der Waals surface area contributed by atoms with Crippen LogP contribution in [0.15, 0.2) is 58.1 Å². The fraction of sp³-hybridized carbons (Fsp3) is 0.125. The van der Waals surface area contributed by atoms with E-state index in [0.29, 0.717) is 24.1 Å². The van der Waals surface area contributed by atoms with Crippen LogP contribution in [0.5, 0.6) is 0 Å². The molecule has 128 valence electrons. The van der Waals surface area contributed by atoms with Gasteiger partial charge >= 0.3 is 0 Å². The molecule has 0 saturated carbocycles. The molecule has 0 fully saturated rings. The standard InChI is InChI=1S/C16H13N3O2S4/c20-25(21,15-7-1-6-14-16(15)18-24-17-14)19(10-12-4-2-8-22-12)11-13-5-3-9-23-13/h1-9H,10-11H2. The summed E-state index contributed by atoms with van der Waals surface area (Å²) in [6.45, 7) is 0.678. The molecule has 0 amide bonds. The number of rotatable bonds is 6. The van der Waals surface area contributed by atoms with Crippen LogP contribution < -0.4 is 0 Å². The molecule has 0 aliphatic carbocycles. The average molecular weight is 408 g/mol. The molecule has 0 spiro atoms. The highest BCUT2D eigenvalue weighted by atomic mass is 32.2. The maximum Gasteiger partial charge on any atom is 0.246 e. The van der Waals surface area contributed by atoms with Crippen molar-refractivity contribution >= 4 is 55.5 Å². The van der Waals surface area contributed by atoms with E-state index in [9.17, 15) is 8.42 Å². The van der Waals surface area contributed by atoms with Crippen molar-refractivity contribution in [2.75, 3.05) is 0 Å².